The first-order valence-electron chi connectivity index (χ1n) is 10.5. The van der Waals surface area contributed by atoms with Gasteiger partial charge in [0.15, 0.2) is 0 Å². The summed E-state index contributed by atoms with van der Waals surface area (Å²) in [6.07, 6.45) is 4.05. The van der Waals surface area contributed by atoms with Crippen LogP contribution in [0.5, 0.6) is 5.75 Å². The highest BCUT2D eigenvalue weighted by molar-refractivity contribution is 5.71. The molecule has 162 valence electrons. The van der Waals surface area contributed by atoms with Crippen LogP contribution in [0.4, 0.5) is 0 Å². The lowest BCUT2D eigenvalue weighted by atomic mass is 9.94. The van der Waals surface area contributed by atoms with Gasteiger partial charge in [-0.2, -0.15) is 0 Å². The third-order valence-electron chi connectivity index (χ3n) is 5.48. The molecule has 3 heterocycles. The Kier molecular flexibility index (Phi) is 6.62. The number of hydrogen-bond acceptors (Lipinski definition) is 6. The average Bonchev–Trinajstić information content (AvgIpc) is 3.44. The molecule has 0 spiro atoms. The summed E-state index contributed by atoms with van der Waals surface area (Å²) in [4.78, 5) is 20.6. The Morgan fingerprint density at radius 1 is 1.26 bits per heavy atom. The molecule has 0 aliphatic carbocycles. The molecule has 0 amide bonds. The van der Waals surface area contributed by atoms with E-state index in [2.05, 4.69) is 9.97 Å². The number of aromatic nitrogens is 2. The molecule has 2 aromatic heterocycles. The van der Waals surface area contributed by atoms with E-state index in [0.29, 0.717) is 37.7 Å². The monoisotopic (exact) mass is 422 g/mol. The summed E-state index contributed by atoms with van der Waals surface area (Å²) < 4.78 is 17.1. The summed E-state index contributed by atoms with van der Waals surface area (Å²) in [5.74, 6) is 0.614. The summed E-state index contributed by atoms with van der Waals surface area (Å²) in [5, 5.41) is 9.52. The first-order valence-corrected chi connectivity index (χ1v) is 10.5. The summed E-state index contributed by atoms with van der Waals surface area (Å²) >= 11 is 0. The minimum Gasteiger partial charge on any atom is -0.492 e. The van der Waals surface area contributed by atoms with Gasteiger partial charge in [-0.25, -0.2) is 4.98 Å². The fourth-order valence-corrected chi connectivity index (χ4v) is 3.77. The molecular weight excluding hydrogens is 396 g/mol. The van der Waals surface area contributed by atoms with E-state index in [1.54, 1.807) is 6.20 Å². The second-order valence-corrected chi connectivity index (χ2v) is 7.67. The van der Waals surface area contributed by atoms with Crippen LogP contribution in [0, 0.1) is 12.8 Å². The molecule has 1 aliphatic rings. The van der Waals surface area contributed by atoms with E-state index in [9.17, 15) is 9.90 Å². The zero-order valence-electron chi connectivity index (χ0n) is 17.5. The summed E-state index contributed by atoms with van der Waals surface area (Å²) in [6.45, 7) is 2.97. The Morgan fingerprint density at radius 2 is 2.10 bits per heavy atom. The fourth-order valence-electron chi connectivity index (χ4n) is 3.77. The molecule has 31 heavy (non-hydrogen) atoms. The lowest BCUT2D eigenvalue weighted by molar-refractivity contribution is -0.146. The first kappa shape index (κ1) is 21.1. The predicted octanol–water partition coefficient (Wildman–Crippen LogP) is 4.09. The Morgan fingerprint density at radius 3 is 2.77 bits per heavy atom. The van der Waals surface area contributed by atoms with Crippen LogP contribution < -0.4 is 4.74 Å². The summed E-state index contributed by atoms with van der Waals surface area (Å²) in [6, 6.07) is 13.4. The van der Waals surface area contributed by atoms with Gasteiger partial charge in [-0.1, -0.05) is 18.2 Å². The number of ether oxygens (including phenoxy) is 2. The highest BCUT2D eigenvalue weighted by Crippen LogP contribution is 2.25. The van der Waals surface area contributed by atoms with Crippen LogP contribution in [-0.2, 0) is 22.4 Å². The molecule has 1 fully saturated rings. The number of pyridine rings is 1. The second-order valence-electron chi connectivity index (χ2n) is 7.67. The number of oxazole rings is 1. The van der Waals surface area contributed by atoms with Gasteiger partial charge in [0.1, 0.15) is 11.5 Å². The van der Waals surface area contributed by atoms with Crippen molar-refractivity contribution in [2.75, 3.05) is 13.2 Å². The molecule has 2 atom stereocenters. The van der Waals surface area contributed by atoms with E-state index >= 15 is 0 Å². The van der Waals surface area contributed by atoms with Crippen molar-refractivity contribution in [1.82, 2.24) is 9.97 Å². The molecule has 1 aliphatic heterocycles. The normalized spacial score (nSPS) is 16.9. The van der Waals surface area contributed by atoms with Gasteiger partial charge in [-0.15, -0.1) is 0 Å². The van der Waals surface area contributed by atoms with Crippen molar-refractivity contribution in [3.8, 4) is 17.2 Å². The maximum absolute atomic E-state index is 11.6. The van der Waals surface area contributed by atoms with Crippen molar-refractivity contribution in [3.63, 3.8) is 0 Å². The van der Waals surface area contributed by atoms with Crippen molar-refractivity contribution in [1.29, 1.82) is 0 Å². The van der Waals surface area contributed by atoms with Crippen molar-refractivity contribution in [2.45, 2.75) is 38.7 Å². The van der Waals surface area contributed by atoms with Gasteiger partial charge in [0.2, 0.25) is 5.89 Å². The molecule has 4 rings (SSSR count). The largest absolute Gasteiger partial charge is 0.492 e. The van der Waals surface area contributed by atoms with Crippen molar-refractivity contribution in [2.24, 2.45) is 5.92 Å². The highest BCUT2D eigenvalue weighted by atomic mass is 16.5. The van der Waals surface area contributed by atoms with Gasteiger partial charge < -0.3 is 19.0 Å². The molecule has 1 N–H and O–H groups in total. The molecule has 0 bridgehead atoms. The highest BCUT2D eigenvalue weighted by Gasteiger charge is 2.32. The van der Waals surface area contributed by atoms with Crippen LogP contribution in [-0.4, -0.2) is 40.4 Å². The molecule has 0 radical (unpaired) electrons. The number of aliphatic carboxylic acids is 1. The van der Waals surface area contributed by atoms with E-state index in [1.165, 1.54) is 0 Å². The van der Waals surface area contributed by atoms with E-state index < -0.39 is 11.9 Å². The van der Waals surface area contributed by atoms with E-state index in [1.807, 2.05) is 49.4 Å². The van der Waals surface area contributed by atoms with Gasteiger partial charge in [0.25, 0.3) is 0 Å². The van der Waals surface area contributed by atoms with Gasteiger partial charge >= 0.3 is 5.97 Å². The minimum atomic E-state index is -0.841. The minimum absolute atomic E-state index is 0.235. The maximum Gasteiger partial charge on any atom is 0.309 e. The van der Waals surface area contributed by atoms with Gasteiger partial charge in [-0.05, 0) is 44.0 Å². The third-order valence-corrected chi connectivity index (χ3v) is 5.48. The van der Waals surface area contributed by atoms with Crippen LogP contribution in [0.15, 0.2) is 53.1 Å². The van der Waals surface area contributed by atoms with E-state index in [4.69, 9.17) is 13.9 Å². The van der Waals surface area contributed by atoms with Crippen LogP contribution in [0.3, 0.4) is 0 Å². The molecule has 7 nitrogen and oxygen atoms in total. The van der Waals surface area contributed by atoms with Gasteiger partial charge in [0, 0.05) is 30.7 Å². The quantitative estimate of drug-likeness (QED) is 0.555. The van der Waals surface area contributed by atoms with Crippen molar-refractivity contribution in [3.05, 3.63) is 65.8 Å². The van der Waals surface area contributed by atoms with E-state index in [-0.39, 0.29) is 6.10 Å². The number of hydrogen-bond donors (Lipinski definition) is 1. The lowest BCUT2D eigenvalue weighted by Gasteiger charge is -2.18. The van der Waals surface area contributed by atoms with Crippen LogP contribution in [0.2, 0.25) is 0 Å². The van der Waals surface area contributed by atoms with Crippen LogP contribution in [0.25, 0.3) is 11.5 Å². The maximum atomic E-state index is 11.6. The molecule has 2 unspecified atom stereocenters. The number of aryl methyl sites for hydroxylation is 1. The number of rotatable bonds is 9. The molecule has 0 saturated carbocycles. The number of benzene rings is 1. The number of nitrogens with zero attached hydrogens (tertiary/aromatic N) is 2. The number of carboxylic acids is 1. The molecule has 7 heteroatoms. The molecular formula is C24H26N2O5. The van der Waals surface area contributed by atoms with Gasteiger partial charge in [-0.3, -0.25) is 9.78 Å². The molecule has 1 aromatic carbocycles. The van der Waals surface area contributed by atoms with Crippen molar-refractivity contribution < 1.29 is 23.8 Å². The topological polar surface area (TPSA) is 94.7 Å². The van der Waals surface area contributed by atoms with Crippen LogP contribution >= 0.6 is 0 Å². The Bertz CT molecular complexity index is 995. The second kappa shape index (κ2) is 9.75. The fraction of sp³-hybridized carbons (Fsp3) is 0.375. The Hall–Kier alpha value is -3.19. The smallest absolute Gasteiger partial charge is 0.309 e. The summed E-state index contributed by atoms with van der Waals surface area (Å²) in [5.41, 5.74) is 2.53. The van der Waals surface area contributed by atoms with Crippen molar-refractivity contribution >= 4 is 5.97 Å². The SMILES string of the molecule is Cc1oc(-c2ccccc2)nc1CCOc1ccc(CC(C(=O)O)C2CCCO2)nc1. The predicted molar refractivity (Wildman–Crippen MR) is 114 cm³/mol. The van der Waals surface area contributed by atoms with Crippen LogP contribution in [0.1, 0.15) is 30.0 Å². The first-order chi connectivity index (χ1) is 15.1. The summed E-state index contributed by atoms with van der Waals surface area (Å²) in [7, 11) is 0. The molecule has 1 saturated heterocycles. The third kappa shape index (κ3) is 5.30. The Labute approximate surface area is 181 Å². The molecule has 3 aromatic rings. The zero-order chi connectivity index (χ0) is 21.6. The zero-order valence-corrected chi connectivity index (χ0v) is 17.5. The lowest BCUT2D eigenvalue weighted by Crippen LogP contribution is -2.29. The average molecular weight is 422 g/mol. The Balaban J connectivity index is 1.31. The number of carbonyl (C=O) groups is 1. The standard InChI is InChI=1S/C24H26N2O5/c1-16-21(26-23(31-16)17-6-3-2-4-7-17)11-13-29-19-10-9-18(25-15-19)14-20(24(27)28)22-8-5-12-30-22/h2-4,6-7,9-10,15,20,22H,5,8,11-14H2,1H3,(H,27,28). The van der Waals surface area contributed by atoms with Gasteiger partial charge in [0.05, 0.1) is 30.5 Å². The van der Waals surface area contributed by atoms with E-state index in [0.717, 1.165) is 35.6 Å². The number of carboxylic acid groups (broad SMARTS) is 1.